The Balaban J connectivity index is 1.43. The Bertz CT molecular complexity index is 903. The predicted molar refractivity (Wildman–Crippen MR) is 95.2 cm³/mol. The number of nitrogens with zero attached hydrogens (tertiary/aromatic N) is 1. The number of hydrogen-bond acceptors (Lipinski definition) is 2. The molecule has 0 aliphatic heterocycles. The molecule has 1 aliphatic rings. The summed E-state index contributed by atoms with van der Waals surface area (Å²) in [6.45, 7) is 0. The second-order valence-corrected chi connectivity index (χ2v) is 6.73. The van der Waals surface area contributed by atoms with Crippen molar-refractivity contribution in [3.05, 3.63) is 64.6 Å². The number of carbonyl (C=O) groups is 1. The summed E-state index contributed by atoms with van der Waals surface area (Å²) in [7, 11) is 0. The number of H-pyrrole nitrogens is 1. The van der Waals surface area contributed by atoms with Gasteiger partial charge in [-0.3, -0.25) is 9.78 Å². The van der Waals surface area contributed by atoms with Crippen molar-refractivity contribution in [2.75, 3.05) is 0 Å². The van der Waals surface area contributed by atoms with E-state index in [-0.39, 0.29) is 11.9 Å². The lowest BCUT2D eigenvalue weighted by Crippen LogP contribution is -2.39. The van der Waals surface area contributed by atoms with Gasteiger partial charge in [0.15, 0.2) is 0 Å². The summed E-state index contributed by atoms with van der Waals surface area (Å²) >= 11 is 6.00. The average molecular weight is 340 g/mol. The van der Waals surface area contributed by atoms with E-state index in [9.17, 15) is 4.79 Å². The van der Waals surface area contributed by atoms with Gasteiger partial charge in [-0.1, -0.05) is 23.7 Å². The maximum absolute atomic E-state index is 12.4. The van der Waals surface area contributed by atoms with Gasteiger partial charge in [-0.05, 0) is 48.6 Å². The van der Waals surface area contributed by atoms with E-state index in [1.165, 1.54) is 5.56 Å². The highest BCUT2D eigenvalue weighted by Crippen LogP contribution is 2.23. The zero-order valence-corrected chi connectivity index (χ0v) is 13.9. The topological polar surface area (TPSA) is 57.8 Å². The molecule has 0 saturated carbocycles. The fraction of sp³-hybridized carbons (Fsp3) is 0.263. The number of aryl methyl sites for hydroxylation is 1. The summed E-state index contributed by atoms with van der Waals surface area (Å²) in [5.74, 6) is 0.0585. The first-order chi connectivity index (χ1) is 11.7. The number of hydrogen-bond donors (Lipinski definition) is 2. The molecule has 0 radical (unpaired) electrons. The maximum Gasteiger partial charge on any atom is 0.224 e. The second kappa shape index (κ2) is 6.29. The first-order valence-electron chi connectivity index (χ1n) is 8.17. The summed E-state index contributed by atoms with van der Waals surface area (Å²) in [5.41, 5.74) is 4.37. The Kier molecular flexibility index (Phi) is 3.98. The zero-order valence-electron chi connectivity index (χ0n) is 13.2. The largest absolute Gasteiger partial charge is 0.361 e. The highest BCUT2D eigenvalue weighted by Gasteiger charge is 2.21. The third-order valence-corrected chi connectivity index (χ3v) is 4.86. The third kappa shape index (κ3) is 3.02. The van der Waals surface area contributed by atoms with E-state index in [0.717, 1.165) is 41.4 Å². The molecule has 122 valence electrons. The van der Waals surface area contributed by atoms with Crippen LogP contribution in [0.1, 0.15) is 23.2 Å². The first-order valence-corrected chi connectivity index (χ1v) is 8.54. The quantitative estimate of drug-likeness (QED) is 0.768. The second-order valence-electron chi connectivity index (χ2n) is 6.30. The van der Waals surface area contributed by atoms with Gasteiger partial charge in [0.25, 0.3) is 0 Å². The lowest BCUT2D eigenvalue weighted by molar-refractivity contribution is -0.121. The van der Waals surface area contributed by atoms with Gasteiger partial charge in [-0.25, -0.2) is 0 Å². The Labute approximate surface area is 145 Å². The summed E-state index contributed by atoms with van der Waals surface area (Å²) < 4.78 is 0. The first kappa shape index (κ1) is 15.2. The summed E-state index contributed by atoms with van der Waals surface area (Å²) in [6.07, 6.45) is 6.82. The number of amides is 1. The zero-order chi connectivity index (χ0) is 16.5. The molecule has 5 heteroatoms. The van der Waals surface area contributed by atoms with Crippen molar-refractivity contribution >= 4 is 28.4 Å². The van der Waals surface area contributed by atoms with E-state index in [1.807, 2.05) is 36.7 Å². The number of carbonyl (C=O) groups excluding carboxylic acids is 1. The summed E-state index contributed by atoms with van der Waals surface area (Å²) in [5, 5.41) is 4.91. The number of benzene rings is 1. The SMILES string of the molecule is O=C(Cc1c[nH]c2cc(Cl)ccc12)NC1CCc2ncccc2C1. The van der Waals surface area contributed by atoms with Crippen molar-refractivity contribution in [1.82, 2.24) is 15.3 Å². The lowest BCUT2D eigenvalue weighted by Gasteiger charge is -2.24. The van der Waals surface area contributed by atoms with Crippen molar-refractivity contribution in [2.45, 2.75) is 31.7 Å². The summed E-state index contributed by atoms with van der Waals surface area (Å²) in [4.78, 5) is 20.0. The van der Waals surface area contributed by atoms with Crippen LogP contribution in [0.2, 0.25) is 5.02 Å². The predicted octanol–water partition coefficient (Wildman–Crippen LogP) is 3.43. The highest BCUT2D eigenvalue weighted by atomic mass is 35.5. The van der Waals surface area contributed by atoms with Crippen LogP contribution < -0.4 is 5.32 Å². The fourth-order valence-electron chi connectivity index (χ4n) is 3.44. The van der Waals surface area contributed by atoms with Gasteiger partial charge in [-0.15, -0.1) is 0 Å². The standard InChI is InChI=1S/C19H18ClN3O/c20-14-3-5-16-13(11-22-18(16)10-14)9-19(24)23-15-4-6-17-12(8-15)2-1-7-21-17/h1-3,5,7,10-11,15,22H,4,6,8-9H2,(H,23,24). The molecule has 0 fully saturated rings. The minimum Gasteiger partial charge on any atom is -0.361 e. The molecule has 1 atom stereocenters. The van der Waals surface area contributed by atoms with Crippen LogP contribution in [0.4, 0.5) is 0 Å². The number of halogens is 1. The van der Waals surface area contributed by atoms with Crippen molar-refractivity contribution < 1.29 is 4.79 Å². The van der Waals surface area contributed by atoms with E-state index in [2.05, 4.69) is 21.4 Å². The molecule has 1 amide bonds. The van der Waals surface area contributed by atoms with E-state index >= 15 is 0 Å². The Morgan fingerprint density at radius 1 is 1.38 bits per heavy atom. The molecule has 4 nitrogen and oxygen atoms in total. The van der Waals surface area contributed by atoms with Crippen molar-refractivity contribution in [2.24, 2.45) is 0 Å². The van der Waals surface area contributed by atoms with E-state index in [0.29, 0.717) is 11.4 Å². The molecular formula is C19H18ClN3O. The number of aromatic nitrogens is 2. The molecular weight excluding hydrogens is 322 g/mol. The monoisotopic (exact) mass is 339 g/mol. The molecule has 2 N–H and O–H groups in total. The number of fused-ring (bicyclic) bond motifs is 2. The molecule has 0 spiro atoms. The third-order valence-electron chi connectivity index (χ3n) is 4.63. The van der Waals surface area contributed by atoms with Crippen LogP contribution in [-0.2, 0) is 24.1 Å². The van der Waals surface area contributed by atoms with Gasteiger partial charge in [0.05, 0.1) is 6.42 Å². The smallest absolute Gasteiger partial charge is 0.224 e. The van der Waals surface area contributed by atoms with E-state index in [1.54, 1.807) is 0 Å². The Morgan fingerprint density at radius 3 is 3.21 bits per heavy atom. The number of nitrogens with one attached hydrogen (secondary N) is 2. The van der Waals surface area contributed by atoms with E-state index < -0.39 is 0 Å². The van der Waals surface area contributed by atoms with Crippen molar-refractivity contribution in [3.8, 4) is 0 Å². The van der Waals surface area contributed by atoms with Crippen LogP contribution in [0, 0.1) is 0 Å². The van der Waals surface area contributed by atoms with Gasteiger partial charge in [0, 0.05) is 40.1 Å². The lowest BCUT2D eigenvalue weighted by atomic mass is 9.92. The molecule has 3 aromatic rings. The molecule has 1 unspecified atom stereocenters. The van der Waals surface area contributed by atoms with Crippen LogP contribution in [0.25, 0.3) is 10.9 Å². The Hall–Kier alpha value is -2.33. The molecule has 4 rings (SSSR count). The van der Waals surface area contributed by atoms with Crippen molar-refractivity contribution in [1.29, 1.82) is 0 Å². The average Bonchev–Trinajstić information content (AvgIpc) is 2.96. The van der Waals surface area contributed by atoms with Gasteiger partial charge in [-0.2, -0.15) is 0 Å². The minimum atomic E-state index is 0.0585. The molecule has 1 aromatic carbocycles. The van der Waals surface area contributed by atoms with Crippen LogP contribution in [0.3, 0.4) is 0 Å². The molecule has 24 heavy (non-hydrogen) atoms. The fourth-order valence-corrected chi connectivity index (χ4v) is 3.61. The van der Waals surface area contributed by atoms with Gasteiger partial charge >= 0.3 is 0 Å². The number of aromatic amines is 1. The number of rotatable bonds is 3. The molecule has 1 aliphatic carbocycles. The molecule has 2 aromatic heterocycles. The van der Waals surface area contributed by atoms with Crippen LogP contribution in [-0.4, -0.2) is 21.9 Å². The van der Waals surface area contributed by atoms with E-state index in [4.69, 9.17) is 11.6 Å². The normalized spacial score (nSPS) is 16.8. The molecule has 0 bridgehead atoms. The Morgan fingerprint density at radius 2 is 2.29 bits per heavy atom. The highest BCUT2D eigenvalue weighted by molar-refractivity contribution is 6.31. The minimum absolute atomic E-state index is 0.0585. The van der Waals surface area contributed by atoms with Gasteiger partial charge < -0.3 is 10.3 Å². The van der Waals surface area contributed by atoms with Gasteiger partial charge in [0.1, 0.15) is 0 Å². The van der Waals surface area contributed by atoms with Crippen LogP contribution in [0.15, 0.2) is 42.7 Å². The van der Waals surface area contributed by atoms with Crippen molar-refractivity contribution in [3.63, 3.8) is 0 Å². The maximum atomic E-state index is 12.4. The number of pyridine rings is 1. The molecule has 2 heterocycles. The van der Waals surface area contributed by atoms with Crippen LogP contribution >= 0.6 is 11.6 Å². The molecule has 0 saturated heterocycles. The van der Waals surface area contributed by atoms with Gasteiger partial charge in [0.2, 0.25) is 5.91 Å². The summed E-state index contributed by atoms with van der Waals surface area (Å²) in [6, 6.07) is 9.94. The van der Waals surface area contributed by atoms with Crippen LogP contribution in [0.5, 0.6) is 0 Å².